The molecule has 1 aliphatic rings. The summed E-state index contributed by atoms with van der Waals surface area (Å²) in [6.45, 7) is 2.57. The molecule has 0 aromatic carbocycles. The molecule has 0 radical (unpaired) electrons. The van der Waals surface area contributed by atoms with Gasteiger partial charge in [-0.05, 0) is 32.3 Å². The molecule has 0 aliphatic carbocycles. The number of piperidine rings is 1. The van der Waals surface area contributed by atoms with Crippen LogP contribution in [0.4, 0.5) is 11.5 Å². The Bertz CT molecular complexity index is 552. The molecule has 106 valence electrons. The maximum Gasteiger partial charge on any atom is 0.329 e. The summed E-state index contributed by atoms with van der Waals surface area (Å²) in [6, 6.07) is 3.14. The lowest BCUT2D eigenvalue weighted by Crippen LogP contribution is -2.49. The quantitative estimate of drug-likeness (QED) is 0.662. The molecule has 0 bridgehead atoms. The fourth-order valence-corrected chi connectivity index (χ4v) is 2.69. The molecule has 2 atom stereocenters. The van der Waals surface area contributed by atoms with E-state index in [9.17, 15) is 10.1 Å². The van der Waals surface area contributed by atoms with Gasteiger partial charge in [-0.1, -0.05) is 0 Å². The molecule has 7 heteroatoms. The van der Waals surface area contributed by atoms with Gasteiger partial charge in [0.15, 0.2) is 0 Å². The Morgan fingerprint density at radius 1 is 1.65 bits per heavy atom. The first-order chi connectivity index (χ1) is 9.56. The van der Waals surface area contributed by atoms with Gasteiger partial charge in [0.1, 0.15) is 11.6 Å². The van der Waals surface area contributed by atoms with Crippen molar-refractivity contribution in [2.45, 2.75) is 38.3 Å². The van der Waals surface area contributed by atoms with Gasteiger partial charge in [0.05, 0.1) is 4.92 Å². The second kappa shape index (κ2) is 5.84. The highest BCUT2D eigenvalue weighted by atomic mass is 16.6. The molecule has 7 nitrogen and oxygen atoms in total. The second-order valence-corrected chi connectivity index (χ2v) is 5.02. The summed E-state index contributed by atoms with van der Waals surface area (Å²) < 4.78 is 0. The van der Waals surface area contributed by atoms with Crippen molar-refractivity contribution in [3.8, 4) is 6.07 Å². The zero-order chi connectivity index (χ0) is 14.7. The van der Waals surface area contributed by atoms with Crippen LogP contribution in [0.25, 0.3) is 0 Å². The van der Waals surface area contributed by atoms with Crippen LogP contribution in [0.15, 0.2) is 12.3 Å². The number of nitrogens with zero attached hydrogens (tertiary/aromatic N) is 4. The third-order valence-electron chi connectivity index (χ3n) is 3.64. The number of pyridine rings is 1. The van der Waals surface area contributed by atoms with Crippen molar-refractivity contribution in [2.24, 2.45) is 5.73 Å². The standard InChI is InChI=1S/C13H17N5O2/c1-9(15)11-4-2-3-7-17(11)13-12(18(19)20)10(8-14)5-6-16-13/h5-6,9,11H,2-4,7,15H2,1H3. The van der Waals surface area contributed by atoms with Crippen LogP contribution in [0.2, 0.25) is 0 Å². The highest BCUT2D eigenvalue weighted by Gasteiger charge is 2.33. The zero-order valence-corrected chi connectivity index (χ0v) is 11.3. The van der Waals surface area contributed by atoms with Crippen molar-refractivity contribution in [1.29, 1.82) is 5.26 Å². The fraction of sp³-hybridized carbons (Fsp3) is 0.538. The summed E-state index contributed by atoms with van der Waals surface area (Å²) in [4.78, 5) is 16.8. The van der Waals surface area contributed by atoms with Gasteiger partial charge in [-0.3, -0.25) is 10.1 Å². The Morgan fingerprint density at radius 2 is 2.40 bits per heavy atom. The highest BCUT2D eigenvalue weighted by molar-refractivity contribution is 5.66. The van der Waals surface area contributed by atoms with Gasteiger partial charge in [-0.15, -0.1) is 0 Å². The summed E-state index contributed by atoms with van der Waals surface area (Å²) in [7, 11) is 0. The van der Waals surface area contributed by atoms with Crippen molar-refractivity contribution < 1.29 is 4.92 Å². The molecule has 0 saturated carbocycles. The normalized spacial score (nSPS) is 20.2. The Balaban J connectivity index is 2.50. The molecule has 0 amide bonds. The second-order valence-electron chi connectivity index (χ2n) is 5.02. The lowest BCUT2D eigenvalue weighted by Gasteiger charge is -2.38. The fourth-order valence-electron chi connectivity index (χ4n) is 2.69. The monoisotopic (exact) mass is 275 g/mol. The first kappa shape index (κ1) is 14.2. The van der Waals surface area contributed by atoms with E-state index in [2.05, 4.69) is 4.98 Å². The molecule has 1 aliphatic heterocycles. The van der Waals surface area contributed by atoms with Crippen LogP contribution in [0.5, 0.6) is 0 Å². The summed E-state index contributed by atoms with van der Waals surface area (Å²) in [5, 5.41) is 20.3. The number of nitro groups is 1. The third-order valence-corrected chi connectivity index (χ3v) is 3.64. The molecule has 1 aromatic rings. The molecule has 2 heterocycles. The molecule has 1 aromatic heterocycles. The average molecular weight is 275 g/mol. The van der Waals surface area contributed by atoms with E-state index < -0.39 is 4.92 Å². The highest BCUT2D eigenvalue weighted by Crippen LogP contribution is 2.33. The average Bonchev–Trinajstić information content (AvgIpc) is 2.46. The molecule has 20 heavy (non-hydrogen) atoms. The van der Waals surface area contributed by atoms with Gasteiger partial charge in [-0.2, -0.15) is 5.26 Å². The Labute approximate surface area is 117 Å². The number of anilines is 1. The maximum atomic E-state index is 11.3. The Kier molecular flexibility index (Phi) is 4.15. The molecular weight excluding hydrogens is 258 g/mol. The van der Waals surface area contributed by atoms with Crippen molar-refractivity contribution >= 4 is 11.5 Å². The van der Waals surface area contributed by atoms with Gasteiger partial charge in [0.25, 0.3) is 0 Å². The topological polar surface area (TPSA) is 109 Å². The SMILES string of the molecule is CC(N)C1CCCCN1c1nccc(C#N)c1[N+](=O)[O-]. The molecule has 1 fully saturated rings. The minimum Gasteiger partial charge on any atom is -0.346 e. The summed E-state index contributed by atoms with van der Waals surface area (Å²) >= 11 is 0. The molecule has 2 N–H and O–H groups in total. The van der Waals surface area contributed by atoms with Crippen LogP contribution in [0.1, 0.15) is 31.7 Å². The predicted octanol–water partition coefficient (Wildman–Crippen LogP) is 1.57. The van der Waals surface area contributed by atoms with E-state index in [-0.39, 0.29) is 29.2 Å². The lowest BCUT2D eigenvalue weighted by atomic mass is 9.96. The van der Waals surface area contributed by atoms with Gasteiger partial charge in [-0.25, -0.2) is 4.98 Å². The van der Waals surface area contributed by atoms with E-state index in [1.54, 1.807) is 0 Å². The molecule has 2 rings (SSSR count). The Morgan fingerprint density at radius 3 is 3.00 bits per heavy atom. The first-order valence-electron chi connectivity index (χ1n) is 6.62. The van der Waals surface area contributed by atoms with Crippen LogP contribution < -0.4 is 10.6 Å². The van der Waals surface area contributed by atoms with E-state index in [0.29, 0.717) is 6.54 Å². The van der Waals surface area contributed by atoms with Gasteiger partial charge in [0.2, 0.25) is 5.82 Å². The molecule has 1 saturated heterocycles. The molecule has 2 unspecified atom stereocenters. The van der Waals surface area contributed by atoms with Gasteiger partial charge in [0, 0.05) is 24.8 Å². The van der Waals surface area contributed by atoms with E-state index in [4.69, 9.17) is 11.0 Å². The smallest absolute Gasteiger partial charge is 0.329 e. The number of nitriles is 1. The van der Waals surface area contributed by atoms with Crippen molar-refractivity contribution in [1.82, 2.24) is 4.98 Å². The maximum absolute atomic E-state index is 11.3. The predicted molar refractivity (Wildman–Crippen MR) is 74.2 cm³/mol. The van der Waals surface area contributed by atoms with Crippen LogP contribution in [-0.4, -0.2) is 28.5 Å². The lowest BCUT2D eigenvalue weighted by molar-refractivity contribution is -0.384. The largest absolute Gasteiger partial charge is 0.346 e. The third kappa shape index (κ3) is 2.56. The van der Waals surface area contributed by atoms with Crippen LogP contribution in [-0.2, 0) is 0 Å². The first-order valence-corrected chi connectivity index (χ1v) is 6.62. The zero-order valence-electron chi connectivity index (χ0n) is 11.3. The Hall–Kier alpha value is -2.20. The summed E-state index contributed by atoms with van der Waals surface area (Å²) in [5.41, 5.74) is 5.80. The van der Waals surface area contributed by atoms with Crippen LogP contribution >= 0.6 is 0 Å². The van der Waals surface area contributed by atoms with Crippen LogP contribution in [0.3, 0.4) is 0 Å². The summed E-state index contributed by atoms with van der Waals surface area (Å²) in [5.74, 6) is 0.260. The van der Waals surface area contributed by atoms with Crippen molar-refractivity contribution in [3.63, 3.8) is 0 Å². The minimum absolute atomic E-state index is 0.0175. The van der Waals surface area contributed by atoms with Gasteiger partial charge >= 0.3 is 5.69 Å². The minimum atomic E-state index is -0.534. The number of rotatable bonds is 3. The van der Waals surface area contributed by atoms with Crippen molar-refractivity contribution in [3.05, 3.63) is 27.9 Å². The van der Waals surface area contributed by atoms with E-state index in [1.165, 1.54) is 12.3 Å². The number of hydrogen-bond donors (Lipinski definition) is 1. The van der Waals surface area contributed by atoms with E-state index >= 15 is 0 Å². The number of nitrogens with two attached hydrogens (primary N) is 1. The van der Waals surface area contributed by atoms with E-state index in [1.807, 2.05) is 17.9 Å². The molecular formula is C13H17N5O2. The summed E-state index contributed by atoms with van der Waals surface area (Å²) in [6.07, 6.45) is 4.31. The number of aromatic nitrogens is 1. The van der Waals surface area contributed by atoms with Crippen molar-refractivity contribution in [2.75, 3.05) is 11.4 Å². The van der Waals surface area contributed by atoms with Crippen LogP contribution in [0, 0.1) is 21.4 Å². The van der Waals surface area contributed by atoms with Gasteiger partial charge < -0.3 is 10.6 Å². The van der Waals surface area contributed by atoms with E-state index in [0.717, 1.165) is 19.3 Å². The number of hydrogen-bond acceptors (Lipinski definition) is 6. The molecule has 0 spiro atoms.